The molecular weight excluding hydrogens is 392 g/mol. The van der Waals surface area contributed by atoms with Gasteiger partial charge in [-0.05, 0) is 57.7 Å². The van der Waals surface area contributed by atoms with Crippen LogP contribution in [-0.2, 0) is 13.9 Å². The Morgan fingerprint density at radius 3 is 2.27 bits per heavy atom. The summed E-state index contributed by atoms with van der Waals surface area (Å²) >= 11 is 0. The Labute approximate surface area is 187 Å². The van der Waals surface area contributed by atoms with Gasteiger partial charge in [0.2, 0.25) is 0 Å². The van der Waals surface area contributed by atoms with Crippen LogP contribution in [-0.4, -0.2) is 44.1 Å². The molecule has 1 aliphatic rings. The van der Waals surface area contributed by atoms with Crippen LogP contribution in [0.2, 0.25) is 18.1 Å². The normalized spacial score (nSPS) is 23.4. The van der Waals surface area contributed by atoms with E-state index in [1.165, 1.54) is 19.3 Å². The van der Waals surface area contributed by atoms with E-state index < -0.39 is 14.1 Å². The Balaban J connectivity index is 2.34. The molecule has 1 N–H and O–H groups in total. The lowest BCUT2D eigenvalue weighted by molar-refractivity contribution is -0.145. The summed E-state index contributed by atoms with van der Waals surface area (Å²) in [6.07, 6.45) is 14.1. The van der Waals surface area contributed by atoms with Gasteiger partial charge in [-0.3, -0.25) is 0 Å². The Morgan fingerprint density at radius 2 is 1.67 bits per heavy atom. The Hall–Kier alpha value is -0.203. The SMILES string of the molecule is CCCCC[C@@H](O)CCCCC/C=C/[C@@H]1OC(C)(C)O[C@@H]1CO[Si](C)(C)C(C)(C)C. The molecule has 0 amide bonds. The number of rotatable bonds is 14. The van der Waals surface area contributed by atoms with Crippen LogP contribution in [0.1, 0.15) is 99.3 Å². The summed E-state index contributed by atoms with van der Waals surface area (Å²) in [5.41, 5.74) is 0. The number of hydrogen-bond acceptors (Lipinski definition) is 4. The van der Waals surface area contributed by atoms with Crippen molar-refractivity contribution in [2.75, 3.05) is 6.61 Å². The third-order valence-corrected chi connectivity index (χ3v) is 11.0. The Morgan fingerprint density at radius 1 is 1.03 bits per heavy atom. The first-order valence-electron chi connectivity index (χ1n) is 12.2. The molecule has 0 bridgehead atoms. The van der Waals surface area contributed by atoms with Crippen molar-refractivity contribution in [2.24, 2.45) is 0 Å². The van der Waals surface area contributed by atoms with Gasteiger partial charge in [-0.15, -0.1) is 0 Å². The van der Waals surface area contributed by atoms with Crippen molar-refractivity contribution >= 4 is 8.32 Å². The zero-order valence-electron chi connectivity index (χ0n) is 21.1. The number of ether oxygens (including phenoxy) is 2. The minimum atomic E-state index is -1.80. The minimum Gasteiger partial charge on any atom is -0.414 e. The van der Waals surface area contributed by atoms with Crippen LogP contribution in [0.3, 0.4) is 0 Å². The van der Waals surface area contributed by atoms with Crippen LogP contribution in [0.5, 0.6) is 0 Å². The maximum Gasteiger partial charge on any atom is 0.192 e. The van der Waals surface area contributed by atoms with E-state index in [1.54, 1.807) is 0 Å². The van der Waals surface area contributed by atoms with Crippen molar-refractivity contribution in [3.05, 3.63) is 12.2 Å². The molecule has 1 saturated heterocycles. The summed E-state index contributed by atoms with van der Waals surface area (Å²) in [6, 6.07) is 0. The second-order valence-electron chi connectivity index (χ2n) is 10.9. The average molecular weight is 443 g/mol. The van der Waals surface area contributed by atoms with E-state index in [-0.39, 0.29) is 23.4 Å². The van der Waals surface area contributed by atoms with Crippen molar-refractivity contribution in [3.8, 4) is 0 Å². The van der Waals surface area contributed by atoms with Crippen LogP contribution in [0, 0.1) is 0 Å². The second kappa shape index (κ2) is 12.7. The molecule has 1 rings (SSSR count). The van der Waals surface area contributed by atoms with Gasteiger partial charge in [-0.1, -0.05) is 72.0 Å². The van der Waals surface area contributed by atoms with Crippen molar-refractivity contribution in [1.82, 2.24) is 0 Å². The number of hydrogen-bond donors (Lipinski definition) is 1. The lowest BCUT2D eigenvalue weighted by Gasteiger charge is -2.37. The minimum absolute atomic E-state index is 0.0508. The fraction of sp³-hybridized carbons (Fsp3) is 0.920. The summed E-state index contributed by atoms with van der Waals surface area (Å²) in [5, 5.41) is 10.2. The molecule has 178 valence electrons. The highest BCUT2D eigenvalue weighted by Crippen LogP contribution is 2.38. The van der Waals surface area contributed by atoms with Crippen molar-refractivity contribution in [3.63, 3.8) is 0 Å². The summed E-state index contributed by atoms with van der Waals surface area (Å²) < 4.78 is 18.6. The van der Waals surface area contributed by atoms with Crippen LogP contribution < -0.4 is 0 Å². The third-order valence-electron chi connectivity index (χ3n) is 6.51. The van der Waals surface area contributed by atoms with Gasteiger partial charge >= 0.3 is 0 Å². The van der Waals surface area contributed by atoms with Gasteiger partial charge in [0.15, 0.2) is 14.1 Å². The summed E-state index contributed by atoms with van der Waals surface area (Å²) in [5.74, 6) is -0.565. The second-order valence-corrected chi connectivity index (χ2v) is 15.7. The molecule has 1 heterocycles. The smallest absolute Gasteiger partial charge is 0.192 e. The van der Waals surface area contributed by atoms with Crippen molar-refractivity contribution < 1.29 is 19.0 Å². The Bertz CT molecular complexity index is 496. The first kappa shape index (κ1) is 27.8. The predicted octanol–water partition coefficient (Wildman–Crippen LogP) is 6.98. The highest BCUT2D eigenvalue weighted by atomic mass is 28.4. The average Bonchev–Trinajstić information content (AvgIpc) is 2.92. The highest BCUT2D eigenvalue weighted by Gasteiger charge is 2.43. The lowest BCUT2D eigenvalue weighted by atomic mass is 10.0. The zero-order chi connectivity index (χ0) is 22.8. The Kier molecular flexibility index (Phi) is 11.8. The van der Waals surface area contributed by atoms with Crippen molar-refractivity contribution in [2.45, 2.75) is 142 Å². The first-order valence-corrected chi connectivity index (χ1v) is 15.1. The fourth-order valence-electron chi connectivity index (χ4n) is 3.49. The van der Waals surface area contributed by atoms with E-state index in [4.69, 9.17) is 13.9 Å². The molecule has 0 spiro atoms. The maximum atomic E-state index is 10.0. The molecule has 30 heavy (non-hydrogen) atoms. The molecule has 0 aromatic heterocycles. The number of aliphatic hydroxyl groups is 1. The molecule has 3 atom stereocenters. The van der Waals surface area contributed by atoms with E-state index in [2.05, 4.69) is 52.9 Å². The molecular formula is C25H50O4Si. The number of aliphatic hydroxyl groups excluding tert-OH is 1. The largest absolute Gasteiger partial charge is 0.414 e. The topological polar surface area (TPSA) is 47.9 Å². The van der Waals surface area contributed by atoms with Gasteiger partial charge in [0.25, 0.3) is 0 Å². The van der Waals surface area contributed by atoms with Gasteiger partial charge < -0.3 is 19.0 Å². The molecule has 0 radical (unpaired) electrons. The molecule has 0 aliphatic carbocycles. The molecule has 0 aromatic carbocycles. The zero-order valence-corrected chi connectivity index (χ0v) is 22.1. The fourth-order valence-corrected chi connectivity index (χ4v) is 4.50. The van der Waals surface area contributed by atoms with E-state index in [9.17, 15) is 5.11 Å². The third kappa shape index (κ3) is 10.4. The first-order chi connectivity index (χ1) is 13.9. The van der Waals surface area contributed by atoms with Gasteiger partial charge in [-0.2, -0.15) is 0 Å². The summed E-state index contributed by atoms with van der Waals surface area (Å²) in [6.45, 7) is 18.1. The quantitative estimate of drug-likeness (QED) is 0.179. The van der Waals surface area contributed by atoms with E-state index in [0.717, 1.165) is 38.5 Å². The van der Waals surface area contributed by atoms with Crippen LogP contribution in [0.15, 0.2) is 12.2 Å². The van der Waals surface area contributed by atoms with Gasteiger partial charge in [0.05, 0.1) is 12.7 Å². The summed E-state index contributed by atoms with van der Waals surface area (Å²) in [4.78, 5) is 0. The van der Waals surface area contributed by atoms with E-state index in [0.29, 0.717) is 6.61 Å². The van der Waals surface area contributed by atoms with Gasteiger partial charge in [0.1, 0.15) is 12.2 Å². The molecule has 1 aliphatic heterocycles. The number of unbranched alkanes of at least 4 members (excludes halogenated alkanes) is 5. The molecule has 0 saturated carbocycles. The highest BCUT2D eigenvalue weighted by molar-refractivity contribution is 6.74. The van der Waals surface area contributed by atoms with Gasteiger partial charge in [-0.25, -0.2) is 0 Å². The van der Waals surface area contributed by atoms with Crippen LogP contribution in [0.4, 0.5) is 0 Å². The van der Waals surface area contributed by atoms with Crippen molar-refractivity contribution in [1.29, 1.82) is 0 Å². The lowest BCUT2D eigenvalue weighted by Crippen LogP contribution is -2.43. The monoisotopic (exact) mass is 442 g/mol. The summed E-state index contributed by atoms with van der Waals surface area (Å²) in [7, 11) is -1.80. The molecule has 1 fully saturated rings. The van der Waals surface area contributed by atoms with Crippen LogP contribution in [0.25, 0.3) is 0 Å². The number of allylic oxidation sites excluding steroid dienone is 1. The van der Waals surface area contributed by atoms with E-state index >= 15 is 0 Å². The van der Waals surface area contributed by atoms with Gasteiger partial charge in [0, 0.05) is 0 Å². The molecule has 0 aromatic rings. The molecule has 0 unspecified atom stereocenters. The van der Waals surface area contributed by atoms with E-state index in [1.807, 2.05) is 13.8 Å². The predicted molar refractivity (Wildman–Crippen MR) is 129 cm³/mol. The molecule has 5 heteroatoms. The standard InChI is InChI=1S/C25H50O4Si/c1-9-10-14-17-21(26)18-15-12-11-13-16-19-22-23(29-25(5,6)28-22)20-27-30(7,8)24(2,3)4/h16,19,21-23,26H,9-15,17-18,20H2,1-8H3/b19-16+/t21-,22+,23-/m1/s1. The maximum absolute atomic E-state index is 10.0. The van der Waals surface area contributed by atoms with Crippen LogP contribution >= 0.6 is 0 Å². The molecule has 4 nitrogen and oxygen atoms in total.